The van der Waals surface area contributed by atoms with Crippen LogP contribution in [-0.4, -0.2) is 36.4 Å². The number of halogens is 1. The van der Waals surface area contributed by atoms with E-state index in [9.17, 15) is 9.59 Å². The number of carbonyl (C=O) groups is 2. The van der Waals surface area contributed by atoms with E-state index in [0.717, 1.165) is 0 Å². The Labute approximate surface area is 145 Å². The fourth-order valence-corrected chi connectivity index (χ4v) is 2.93. The van der Waals surface area contributed by atoms with Crippen LogP contribution in [0.15, 0.2) is 54.6 Å². The first kappa shape index (κ1) is 16.3. The summed E-state index contributed by atoms with van der Waals surface area (Å²) in [6.07, 6.45) is 0. The lowest BCUT2D eigenvalue weighted by Crippen LogP contribution is -2.53. The molecule has 0 aliphatic carbocycles. The third kappa shape index (κ3) is 3.51. The highest BCUT2D eigenvalue weighted by atomic mass is 35.5. The minimum Gasteiger partial charge on any atom is -0.484 e. The van der Waals surface area contributed by atoms with Crippen molar-refractivity contribution in [3.05, 3.63) is 65.2 Å². The molecule has 1 atom stereocenters. The standard InChI is InChI=1S/C18H17ClN2O3/c19-15-9-5-4-8-14(15)17-18(23)20-10-11-21(17)16(22)12-24-13-6-2-1-3-7-13/h1-9,17H,10-12H2,(H,20,23). The summed E-state index contributed by atoms with van der Waals surface area (Å²) in [5, 5.41) is 3.24. The predicted molar refractivity (Wildman–Crippen MR) is 90.9 cm³/mol. The summed E-state index contributed by atoms with van der Waals surface area (Å²) >= 11 is 6.22. The maximum absolute atomic E-state index is 12.6. The summed E-state index contributed by atoms with van der Waals surface area (Å²) < 4.78 is 5.51. The van der Waals surface area contributed by atoms with E-state index >= 15 is 0 Å². The number of piperazine rings is 1. The van der Waals surface area contributed by atoms with Gasteiger partial charge in [-0.05, 0) is 18.2 Å². The van der Waals surface area contributed by atoms with Gasteiger partial charge in [0.15, 0.2) is 6.61 Å². The van der Waals surface area contributed by atoms with E-state index in [1.807, 2.05) is 18.2 Å². The number of benzene rings is 2. The van der Waals surface area contributed by atoms with Crippen LogP contribution in [0.5, 0.6) is 5.75 Å². The first-order valence-electron chi connectivity index (χ1n) is 7.66. The van der Waals surface area contributed by atoms with Gasteiger partial charge < -0.3 is 15.0 Å². The summed E-state index contributed by atoms with van der Waals surface area (Å²) in [6.45, 7) is 0.702. The van der Waals surface area contributed by atoms with Crippen molar-refractivity contribution in [2.75, 3.05) is 19.7 Å². The van der Waals surface area contributed by atoms with Crippen LogP contribution < -0.4 is 10.1 Å². The molecule has 0 radical (unpaired) electrons. The van der Waals surface area contributed by atoms with Crippen LogP contribution in [0.25, 0.3) is 0 Å². The maximum atomic E-state index is 12.6. The molecule has 0 spiro atoms. The Balaban J connectivity index is 1.77. The first-order chi connectivity index (χ1) is 11.7. The normalized spacial score (nSPS) is 17.3. The lowest BCUT2D eigenvalue weighted by Gasteiger charge is -2.35. The average Bonchev–Trinajstić information content (AvgIpc) is 2.61. The Bertz CT molecular complexity index is 736. The Kier molecular flexibility index (Phi) is 5.01. The quantitative estimate of drug-likeness (QED) is 0.926. The summed E-state index contributed by atoms with van der Waals surface area (Å²) in [5.41, 5.74) is 0.615. The van der Waals surface area contributed by atoms with Gasteiger partial charge in [-0.15, -0.1) is 0 Å². The number of nitrogens with one attached hydrogen (secondary N) is 1. The highest BCUT2D eigenvalue weighted by molar-refractivity contribution is 6.31. The highest BCUT2D eigenvalue weighted by Gasteiger charge is 2.35. The Morgan fingerprint density at radius 2 is 1.88 bits per heavy atom. The van der Waals surface area contributed by atoms with Crippen LogP contribution in [0.2, 0.25) is 5.02 Å². The van der Waals surface area contributed by atoms with Gasteiger partial charge in [-0.3, -0.25) is 9.59 Å². The number of hydrogen-bond donors (Lipinski definition) is 1. The average molecular weight is 345 g/mol. The van der Waals surface area contributed by atoms with Crippen molar-refractivity contribution in [1.82, 2.24) is 10.2 Å². The van der Waals surface area contributed by atoms with Gasteiger partial charge >= 0.3 is 0 Å². The molecular weight excluding hydrogens is 328 g/mol. The maximum Gasteiger partial charge on any atom is 0.261 e. The van der Waals surface area contributed by atoms with Gasteiger partial charge in [-0.25, -0.2) is 0 Å². The van der Waals surface area contributed by atoms with E-state index in [1.54, 1.807) is 36.4 Å². The smallest absolute Gasteiger partial charge is 0.261 e. The van der Waals surface area contributed by atoms with E-state index in [4.69, 9.17) is 16.3 Å². The van der Waals surface area contributed by atoms with Gasteiger partial charge in [0.05, 0.1) is 0 Å². The molecule has 6 heteroatoms. The molecule has 0 aromatic heterocycles. The van der Waals surface area contributed by atoms with Crippen LogP contribution in [0, 0.1) is 0 Å². The van der Waals surface area contributed by atoms with Crippen LogP contribution in [0.1, 0.15) is 11.6 Å². The molecular formula is C18H17ClN2O3. The second kappa shape index (κ2) is 7.36. The fraction of sp³-hybridized carbons (Fsp3) is 0.222. The van der Waals surface area contributed by atoms with Gasteiger partial charge in [-0.2, -0.15) is 0 Å². The molecule has 1 unspecified atom stereocenters. The predicted octanol–water partition coefficient (Wildman–Crippen LogP) is 2.42. The molecule has 0 saturated carbocycles. The summed E-state index contributed by atoms with van der Waals surface area (Å²) in [4.78, 5) is 26.4. The fourth-order valence-electron chi connectivity index (χ4n) is 2.69. The summed E-state index contributed by atoms with van der Waals surface area (Å²) in [7, 11) is 0. The third-order valence-electron chi connectivity index (χ3n) is 3.84. The van der Waals surface area contributed by atoms with Crippen molar-refractivity contribution in [2.24, 2.45) is 0 Å². The Morgan fingerprint density at radius 1 is 1.17 bits per heavy atom. The minimum atomic E-state index is -0.737. The monoisotopic (exact) mass is 344 g/mol. The van der Waals surface area contributed by atoms with Gasteiger partial charge in [0.25, 0.3) is 5.91 Å². The van der Waals surface area contributed by atoms with Crippen molar-refractivity contribution >= 4 is 23.4 Å². The molecule has 2 aromatic carbocycles. The van der Waals surface area contributed by atoms with E-state index in [1.165, 1.54) is 4.90 Å². The molecule has 1 N–H and O–H groups in total. The van der Waals surface area contributed by atoms with Crippen molar-refractivity contribution in [1.29, 1.82) is 0 Å². The van der Waals surface area contributed by atoms with Gasteiger partial charge in [0.2, 0.25) is 5.91 Å². The lowest BCUT2D eigenvalue weighted by atomic mass is 10.0. The molecule has 3 rings (SSSR count). The Hall–Kier alpha value is -2.53. The third-order valence-corrected chi connectivity index (χ3v) is 4.18. The number of amides is 2. The van der Waals surface area contributed by atoms with Crippen molar-refractivity contribution in [3.8, 4) is 5.75 Å². The van der Waals surface area contributed by atoms with Crippen LogP contribution in [-0.2, 0) is 9.59 Å². The van der Waals surface area contributed by atoms with Crippen molar-refractivity contribution in [3.63, 3.8) is 0 Å². The van der Waals surface area contributed by atoms with E-state index in [-0.39, 0.29) is 18.4 Å². The zero-order chi connectivity index (χ0) is 16.9. The topological polar surface area (TPSA) is 58.6 Å². The molecule has 2 amide bonds. The Morgan fingerprint density at radius 3 is 2.62 bits per heavy atom. The number of para-hydroxylation sites is 1. The van der Waals surface area contributed by atoms with Gasteiger partial charge in [-0.1, -0.05) is 48.0 Å². The summed E-state index contributed by atoms with van der Waals surface area (Å²) in [6, 6.07) is 15.4. The number of rotatable bonds is 4. The van der Waals surface area contributed by atoms with Gasteiger partial charge in [0.1, 0.15) is 11.8 Å². The zero-order valence-corrected chi connectivity index (χ0v) is 13.7. The van der Waals surface area contributed by atoms with Gasteiger partial charge in [0, 0.05) is 23.7 Å². The number of carbonyl (C=O) groups excluding carboxylic acids is 2. The number of hydrogen-bond acceptors (Lipinski definition) is 3. The second-order valence-electron chi connectivity index (χ2n) is 5.40. The largest absolute Gasteiger partial charge is 0.484 e. The number of ether oxygens (including phenoxy) is 1. The molecule has 5 nitrogen and oxygen atoms in total. The van der Waals surface area contributed by atoms with Crippen molar-refractivity contribution < 1.29 is 14.3 Å². The lowest BCUT2D eigenvalue weighted by molar-refractivity contribution is -0.145. The molecule has 1 aliphatic rings. The molecule has 2 aromatic rings. The molecule has 0 bridgehead atoms. The SMILES string of the molecule is O=C1NCCN(C(=O)COc2ccccc2)C1c1ccccc1Cl. The van der Waals surface area contributed by atoms with Crippen molar-refractivity contribution in [2.45, 2.75) is 6.04 Å². The van der Waals surface area contributed by atoms with E-state index < -0.39 is 6.04 Å². The molecule has 1 heterocycles. The highest BCUT2D eigenvalue weighted by Crippen LogP contribution is 2.29. The summed E-state index contributed by atoms with van der Waals surface area (Å²) in [5.74, 6) is 0.127. The first-order valence-corrected chi connectivity index (χ1v) is 8.04. The van der Waals surface area contributed by atoms with Crippen LogP contribution >= 0.6 is 11.6 Å². The molecule has 1 fully saturated rings. The van der Waals surface area contributed by atoms with E-state index in [2.05, 4.69) is 5.32 Å². The van der Waals surface area contributed by atoms with Crippen LogP contribution in [0.3, 0.4) is 0 Å². The van der Waals surface area contributed by atoms with E-state index in [0.29, 0.717) is 29.4 Å². The van der Waals surface area contributed by atoms with Crippen LogP contribution in [0.4, 0.5) is 0 Å². The molecule has 124 valence electrons. The second-order valence-corrected chi connectivity index (χ2v) is 5.81. The molecule has 1 saturated heterocycles. The zero-order valence-electron chi connectivity index (χ0n) is 12.9. The molecule has 1 aliphatic heterocycles. The number of nitrogens with zero attached hydrogens (tertiary/aromatic N) is 1. The minimum absolute atomic E-state index is 0.127. The molecule has 24 heavy (non-hydrogen) atoms.